The number of hydrogen-bond acceptors (Lipinski definition) is 2. The van der Waals surface area contributed by atoms with Gasteiger partial charge in [0.15, 0.2) is 0 Å². The number of nitrogens with zero attached hydrogens (tertiary/aromatic N) is 2. The predicted molar refractivity (Wildman–Crippen MR) is 117 cm³/mol. The number of hydrogen-bond donors (Lipinski definition) is 0. The van der Waals surface area contributed by atoms with Crippen LogP contribution in [0.3, 0.4) is 0 Å². The average molecular weight is 505 g/mol. The van der Waals surface area contributed by atoms with Crippen molar-refractivity contribution in [3.8, 4) is 11.8 Å². The summed E-state index contributed by atoms with van der Waals surface area (Å²) in [5.74, 6) is 5.09. The van der Waals surface area contributed by atoms with E-state index in [0.29, 0.717) is 26.2 Å². The van der Waals surface area contributed by atoms with Crippen molar-refractivity contribution in [3.63, 3.8) is 0 Å². The quantitative estimate of drug-likeness (QED) is 0.533. The van der Waals surface area contributed by atoms with Gasteiger partial charge >= 0.3 is 6.18 Å². The number of alkyl halides is 3. The van der Waals surface area contributed by atoms with Crippen LogP contribution in [0.25, 0.3) is 0 Å². The first-order valence-electron chi connectivity index (χ1n) is 10.2. The number of carbonyl (C=O) groups is 2. The van der Waals surface area contributed by atoms with Crippen LogP contribution >= 0.6 is 15.9 Å². The monoisotopic (exact) mass is 504 g/mol. The van der Waals surface area contributed by atoms with E-state index in [9.17, 15) is 22.8 Å². The Balaban J connectivity index is 1.28. The van der Waals surface area contributed by atoms with Gasteiger partial charge in [0.1, 0.15) is 0 Å². The topological polar surface area (TPSA) is 40.6 Å². The van der Waals surface area contributed by atoms with Crippen LogP contribution in [0.5, 0.6) is 0 Å². The number of likely N-dealkylation sites (tertiary alicyclic amines) is 2. The summed E-state index contributed by atoms with van der Waals surface area (Å²) < 4.78 is 39.1. The molecule has 8 heteroatoms. The molecule has 4 rings (SSSR count). The van der Waals surface area contributed by atoms with E-state index in [-0.39, 0.29) is 22.8 Å². The summed E-state index contributed by atoms with van der Waals surface area (Å²) in [5.41, 5.74) is 0.245. The molecule has 0 unspecified atom stereocenters. The molecular weight excluding hydrogens is 485 g/mol. The second-order valence-corrected chi connectivity index (χ2v) is 9.20. The van der Waals surface area contributed by atoms with Crippen LogP contribution in [-0.2, 0) is 11.0 Å². The first-order valence-corrected chi connectivity index (χ1v) is 11.0. The summed E-state index contributed by atoms with van der Waals surface area (Å²) in [6.45, 7) is 2.27. The van der Waals surface area contributed by atoms with Crippen LogP contribution in [0.2, 0.25) is 0 Å². The molecular formula is C24H20BrF3N2O2. The molecule has 0 radical (unpaired) electrons. The lowest BCUT2D eigenvalue weighted by molar-refractivity contribution is -0.140. The van der Waals surface area contributed by atoms with Gasteiger partial charge in [-0.1, -0.05) is 21.9 Å². The molecule has 2 aliphatic rings. The second-order valence-electron chi connectivity index (χ2n) is 8.29. The van der Waals surface area contributed by atoms with Gasteiger partial charge in [0.05, 0.1) is 5.56 Å². The Kier molecular flexibility index (Phi) is 6.04. The van der Waals surface area contributed by atoms with E-state index < -0.39 is 11.7 Å². The highest BCUT2D eigenvalue weighted by molar-refractivity contribution is 9.10. The minimum atomic E-state index is -4.42. The zero-order chi connectivity index (χ0) is 22.9. The third kappa shape index (κ3) is 4.83. The summed E-state index contributed by atoms with van der Waals surface area (Å²) in [6, 6.07) is 11.7. The van der Waals surface area contributed by atoms with Gasteiger partial charge in [0, 0.05) is 53.1 Å². The minimum Gasteiger partial charge on any atom is -0.339 e. The van der Waals surface area contributed by atoms with Crippen molar-refractivity contribution in [2.45, 2.75) is 19.0 Å². The average Bonchev–Trinajstić information content (AvgIpc) is 2.76. The SMILES string of the molecule is O=C(C#Cc1ccc(Br)cc1)N1CC2(CCN(C(=O)c3ccc(C(F)(F)F)cc3)CC2)C1. The normalized spacial score (nSPS) is 17.4. The van der Waals surface area contributed by atoms with Crippen LogP contribution in [0.4, 0.5) is 13.2 Å². The van der Waals surface area contributed by atoms with E-state index in [1.807, 2.05) is 24.3 Å². The first-order chi connectivity index (χ1) is 15.2. The third-order valence-corrected chi connectivity index (χ3v) is 6.60. The Bertz CT molecular complexity index is 1070. The van der Waals surface area contributed by atoms with Gasteiger partial charge in [-0.25, -0.2) is 0 Å². The highest BCUT2D eigenvalue weighted by Gasteiger charge is 2.47. The maximum Gasteiger partial charge on any atom is 0.416 e. The number of piperidine rings is 1. The summed E-state index contributed by atoms with van der Waals surface area (Å²) >= 11 is 3.36. The Morgan fingerprint density at radius 2 is 1.50 bits per heavy atom. The molecule has 0 aliphatic carbocycles. The summed E-state index contributed by atoms with van der Waals surface area (Å²) in [6.07, 6.45) is -2.91. The van der Waals surface area contributed by atoms with Gasteiger partial charge in [-0.2, -0.15) is 13.2 Å². The zero-order valence-corrected chi connectivity index (χ0v) is 18.7. The fourth-order valence-corrected chi connectivity index (χ4v) is 4.39. The molecule has 32 heavy (non-hydrogen) atoms. The van der Waals surface area contributed by atoms with Crippen LogP contribution in [0.15, 0.2) is 53.0 Å². The van der Waals surface area contributed by atoms with E-state index in [2.05, 4.69) is 27.8 Å². The van der Waals surface area contributed by atoms with Gasteiger partial charge in [-0.05, 0) is 61.4 Å². The molecule has 2 amide bonds. The smallest absolute Gasteiger partial charge is 0.339 e. The fraction of sp³-hybridized carbons (Fsp3) is 0.333. The highest BCUT2D eigenvalue weighted by Crippen LogP contribution is 2.40. The van der Waals surface area contributed by atoms with E-state index in [1.165, 1.54) is 12.1 Å². The van der Waals surface area contributed by atoms with Crippen LogP contribution in [0.1, 0.15) is 34.3 Å². The van der Waals surface area contributed by atoms with Gasteiger partial charge in [0.25, 0.3) is 11.8 Å². The minimum absolute atomic E-state index is 0.00806. The van der Waals surface area contributed by atoms with Crippen molar-refractivity contribution in [2.75, 3.05) is 26.2 Å². The van der Waals surface area contributed by atoms with Crippen molar-refractivity contribution >= 4 is 27.7 Å². The van der Waals surface area contributed by atoms with Gasteiger partial charge in [-0.3, -0.25) is 9.59 Å². The molecule has 0 aromatic heterocycles. The van der Waals surface area contributed by atoms with Crippen molar-refractivity contribution in [1.82, 2.24) is 9.80 Å². The molecule has 2 aliphatic heterocycles. The third-order valence-electron chi connectivity index (χ3n) is 6.07. The lowest BCUT2D eigenvalue weighted by atomic mass is 9.72. The van der Waals surface area contributed by atoms with Crippen molar-refractivity contribution < 1.29 is 22.8 Å². The number of amides is 2. The van der Waals surface area contributed by atoms with Gasteiger partial charge in [0.2, 0.25) is 0 Å². The summed E-state index contributed by atoms with van der Waals surface area (Å²) in [4.78, 5) is 28.4. The Morgan fingerprint density at radius 3 is 2.06 bits per heavy atom. The van der Waals surface area contributed by atoms with Crippen molar-refractivity contribution in [1.29, 1.82) is 0 Å². The number of carbonyl (C=O) groups excluding carboxylic acids is 2. The molecule has 2 heterocycles. The number of halogens is 4. The Hall–Kier alpha value is -2.79. The van der Waals surface area contributed by atoms with Crippen molar-refractivity contribution in [3.05, 3.63) is 69.7 Å². The molecule has 0 saturated carbocycles. The molecule has 2 aromatic carbocycles. The predicted octanol–water partition coefficient (Wildman–Crippen LogP) is 4.58. The molecule has 2 aromatic rings. The summed E-state index contributed by atoms with van der Waals surface area (Å²) in [7, 11) is 0. The maximum absolute atomic E-state index is 12.7. The van der Waals surface area contributed by atoms with Crippen LogP contribution in [0, 0.1) is 17.3 Å². The molecule has 2 saturated heterocycles. The molecule has 0 N–H and O–H groups in total. The first kappa shape index (κ1) is 22.4. The largest absolute Gasteiger partial charge is 0.416 e. The lowest BCUT2D eigenvalue weighted by Crippen LogP contribution is -2.62. The van der Waals surface area contributed by atoms with E-state index >= 15 is 0 Å². The standard InChI is InChI=1S/C24H20BrF3N2O2/c25-20-8-1-17(2-9-20)3-10-21(31)30-15-23(16-30)11-13-29(14-12-23)22(32)18-4-6-19(7-5-18)24(26,27)28/h1-2,4-9H,11-16H2. The molecule has 0 bridgehead atoms. The van der Waals surface area contributed by atoms with Gasteiger partial charge in [-0.15, -0.1) is 0 Å². The van der Waals surface area contributed by atoms with Crippen molar-refractivity contribution in [2.24, 2.45) is 5.41 Å². The molecule has 0 atom stereocenters. The molecule has 1 spiro atoms. The second kappa shape index (κ2) is 8.62. The van der Waals surface area contributed by atoms with E-state index in [0.717, 1.165) is 35.0 Å². The zero-order valence-electron chi connectivity index (χ0n) is 17.1. The molecule has 2 fully saturated rings. The molecule has 4 nitrogen and oxygen atoms in total. The maximum atomic E-state index is 12.7. The number of benzene rings is 2. The van der Waals surface area contributed by atoms with E-state index in [1.54, 1.807) is 9.80 Å². The summed E-state index contributed by atoms with van der Waals surface area (Å²) in [5, 5.41) is 0. The number of rotatable bonds is 1. The lowest BCUT2D eigenvalue weighted by Gasteiger charge is -2.53. The van der Waals surface area contributed by atoms with Crippen LogP contribution < -0.4 is 0 Å². The highest BCUT2D eigenvalue weighted by atomic mass is 79.9. The van der Waals surface area contributed by atoms with E-state index in [4.69, 9.17) is 0 Å². The Labute approximate surface area is 192 Å². The van der Waals surface area contributed by atoms with Gasteiger partial charge < -0.3 is 9.80 Å². The molecule has 166 valence electrons. The fourth-order valence-electron chi connectivity index (χ4n) is 4.13. The Morgan fingerprint density at radius 1 is 0.906 bits per heavy atom. The van der Waals surface area contributed by atoms with Crippen LogP contribution in [-0.4, -0.2) is 47.8 Å².